The minimum atomic E-state index is -1.82. The van der Waals surface area contributed by atoms with Gasteiger partial charge in [0, 0.05) is 24.1 Å². The first-order valence-electron chi connectivity index (χ1n) is 9.84. The number of ether oxygens (including phenoxy) is 3. The zero-order chi connectivity index (χ0) is 20.6. The predicted molar refractivity (Wildman–Crippen MR) is 112 cm³/mol. The number of hydrogen-bond donors (Lipinski definition) is 1. The standard InChI is InChI=1S/C24H26FNO3/c1-15-19(10-11-20-22(15)29-13-12-28-20)24(25)16(2)18(17-8-6-5-7-9-17)14-21(27-4)23(24)26-3/h5-11,14,16,26H,12-13H2,1-4H3. The van der Waals surface area contributed by atoms with Gasteiger partial charge in [0.15, 0.2) is 17.2 Å². The molecule has 1 aliphatic carbocycles. The van der Waals surface area contributed by atoms with Crippen molar-refractivity contribution < 1.29 is 18.6 Å². The van der Waals surface area contributed by atoms with E-state index in [9.17, 15) is 0 Å². The Balaban J connectivity index is 1.93. The van der Waals surface area contributed by atoms with Crippen LogP contribution >= 0.6 is 0 Å². The molecule has 0 saturated carbocycles. The molecular formula is C24H26FNO3. The minimum Gasteiger partial charge on any atom is -0.495 e. The van der Waals surface area contributed by atoms with Gasteiger partial charge in [-0.05, 0) is 30.2 Å². The summed E-state index contributed by atoms with van der Waals surface area (Å²) in [4.78, 5) is 0. The van der Waals surface area contributed by atoms with Gasteiger partial charge in [0.1, 0.15) is 19.0 Å². The van der Waals surface area contributed by atoms with E-state index in [-0.39, 0.29) is 0 Å². The molecule has 0 saturated heterocycles. The number of likely N-dealkylation sites (N-methyl/N-ethyl adjacent to an activating group) is 1. The molecule has 0 spiro atoms. The van der Waals surface area contributed by atoms with Crippen LogP contribution in [0.3, 0.4) is 0 Å². The van der Waals surface area contributed by atoms with E-state index in [1.165, 1.54) is 0 Å². The van der Waals surface area contributed by atoms with Gasteiger partial charge >= 0.3 is 0 Å². The number of rotatable bonds is 4. The molecule has 0 radical (unpaired) electrons. The zero-order valence-electron chi connectivity index (χ0n) is 17.2. The lowest BCUT2D eigenvalue weighted by molar-refractivity contribution is 0.136. The molecule has 5 heteroatoms. The van der Waals surface area contributed by atoms with Crippen LogP contribution in [-0.2, 0) is 10.4 Å². The van der Waals surface area contributed by atoms with Crippen molar-refractivity contribution in [3.8, 4) is 11.5 Å². The summed E-state index contributed by atoms with van der Waals surface area (Å²) >= 11 is 0. The monoisotopic (exact) mass is 395 g/mol. The molecule has 1 aliphatic heterocycles. The van der Waals surface area contributed by atoms with Crippen LogP contribution in [0.5, 0.6) is 11.5 Å². The van der Waals surface area contributed by atoms with Crippen LogP contribution in [0.1, 0.15) is 23.6 Å². The Labute approximate surface area is 171 Å². The molecule has 29 heavy (non-hydrogen) atoms. The smallest absolute Gasteiger partial charge is 0.185 e. The number of fused-ring (bicyclic) bond motifs is 1. The first kappa shape index (κ1) is 19.4. The molecule has 0 amide bonds. The van der Waals surface area contributed by atoms with Crippen molar-refractivity contribution >= 4 is 5.57 Å². The van der Waals surface area contributed by atoms with Crippen molar-refractivity contribution in [1.29, 1.82) is 0 Å². The summed E-state index contributed by atoms with van der Waals surface area (Å²) in [5.74, 6) is 1.31. The van der Waals surface area contributed by atoms with Gasteiger partial charge in [-0.25, -0.2) is 4.39 Å². The summed E-state index contributed by atoms with van der Waals surface area (Å²) in [6.45, 7) is 4.76. The van der Waals surface area contributed by atoms with Crippen molar-refractivity contribution in [2.75, 3.05) is 27.4 Å². The van der Waals surface area contributed by atoms with Crippen molar-refractivity contribution in [1.82, 2.24) is 5.32 Å². The molecule has 2 aromatic carbocycles. The Morgan fingerprint density at radius 3 is 2.52 bits per heavy atom. The van der Waals surface area contributed by atoms with Crippen LogP contribution in [0.4, 0.5) is 4.39 Å². The number of hydrogen-bond acceptors (Lipinski definition) is 4. The molecule has 0 bridgehead atoms. The SMILES string of the molecule is CNC1=C(OC)C=C(c2ccccc2)C(C)C1(F)c1ccc2c(c1C)OCCO2. The molecule has 2 atom stereocenters. The van der Waals surface area contributed by atoms with Gasteiger partial charge in [-0.2, -0.15) is 0 Å². The van der Waals surface area contributed by atoms with E-state index < -0.39 is 11.6 Å². The first-order valence-corrected chi connectivity index (χ1v) is 9.84. The van der Waals surface area contributed by atoms with Crippen molar-refractivity contribution in [2.45, 2.75) is 19.5 Å². The highest BCUT2D eigenvalue weighted by Gasteiger charge is 2.49. The highest BCUT2D eigenvalue weighted by molar-refractivity contribution is 5.74. The summed E-state index contributed by atoms with van der Waals surface area (Å²) in [6.07, 6.45) is 1.93. The molecule has 2 aliphatic rings. The summed E-state index contributed by atoms with van der Waals surface area (Å²) in [5.41, 5.74) is 1.75. The number of alkyl halides is 1. The Morgan fingerprint density at radius 2 is 1.83 bits per heavy atom. The van der Waals surface area contributed by atoms with Crippen LogP contribution in [0.25, 0.3) is 5.57 Å². The lowest BCUT2D eigenvalue weighted by Crippen LogP contribution is -2.41. The molecule has 4 nitrogen and oxygen atoms in total. The third-order valence-corrected chi connectivity index (χ3v) is 5.89. The maximum Gasteiger partial charge on any atom is 0.185 e. The lowest BCUT2D eigenvalue weighted by atomic mass is 9.71. The van der Waals surface area contributed by atoms with Crippen molar-refractivity contribution in [2.24, 2.45) is 5.92 Å². The van der Waals surface area contributed by atoms with Gasteiger partial charge in [0.05, 0.1) is 12.8 Å². The van der Waals surface area contributed by atoms with E-state index in [1.807, 2.05) is 50.3 Å². The van der Waals surface area contributed by atoms with Gasteiger partial charge in [-0.3, -0.25) is 0 Å². The minimum absolute atomic E-state index is 0.409. The van der Waals surface area contributed by atoms with E-state index in [4.69, 9.17) is 14.2 Å². The molecule has 4 rings (SSSR count). The molecular weight excluding hydrogens is 369 g/mol. The molecule has 0 aromatic heterocycles. The fourth-order valence-electron chi connectivity index (χ4n) is 4.40. The molecule has 2 aromatic rings. The zero-order valence-corrected chi connectivity index (χ0v) is 17.2. The summed E-state index contributed by atoms with van der Waals surface area (Å²) in [5, 5.41) is 3.07. The van der Waals surface area contributed by atoms with Gasteiger partial charge in [-0.15, -0.1) is 0 Å². The Kier molecular flexibility index (Phi) is 4.99. The Bertz CT molecular complexity index is 983. The van der Waals surface area contributed by atoms with Gasteiger partial charge in [-0.1, -0.05) is 43.3 Å². The van der Waals surface area contributed by atoms with Gasteiger partial charge < -0.3 is 19.5 Å². The quantitative estimate of drug-likeness (QED) is 0.812. The average molecular weight is 395 g/mol. The number of methoxy groups -OCH3 is 1. The number of halogens is 1. The summed E-state index contributed by atoms with van der Waals surface area (Å²) in [7, 11) is 3.29. The van der Waals surface area contributed by atoms with E-state index in [0.29, 0.717) is 41.7 Å². The fraction of sp³-hybridized carbons (Fsp3) is 0.333. The third kappa shape index (κ3) is 2.96. The molecule has 2 unspecified atom stereocenters. The van der Waals surface area contributed by atoms with E-state index in [0.717, 1.165) is 16.7 Å². The Morgan fingerprint density at radius 1 is 1.10 bits per heavy atom. The second kappa shape index (κ2) is 7.47. The van der Waals surface area contributed by atoms with E-state index in [2.05, 4.69) is 5.32 Å². The summed E-state index contributed by atoms with van der Waals surface area (Å²) < 4.78 is 34.3. The van der Waals surface area contributed by atoms with Crippen LogP contribution in [0.2, 0.25) is 0 Å². The Hall–Kier alpha value is -2.95. The number of benzene rings is 2. The van der Waals surface area contributed by atoms with E-state index in [1.54, 1.807) is 26.3 Å². The predicted octanol–water partition coefficient (Wildman–Crippen LogP) is 4.74. The summed E-state index contributed by atoms with van der Waals surface area (Å²) in [6, 6.07) is 13.5. The first-order chi connectivity index (χ1) is 14.0. The lowest BCUT2D eigenvalue weighted by Gasteiger charge is -2.40. The van der Waals surface area contributed by atoms with Gasteiger partial charge in [0.25, 0.3) is 0 Å². The van der Waals surface area contributed by atoms with Crippen LogP contribution < -0.4 is 14.8 Å². The van der Waals surface area contributed by atoms with Crippen LogP contribution in [-0.4, -0.2) is 27.4 Å². The molecule has 0 fully saturated rings. The van der Waals surface area contributed by atoms with Crippen LogP contribution in [0.15, 0.2) is 60.0 Å². The third-order valence-electron chi connectivity index (χ3n) is 5.89. The second-order valence-electron chi connectivity index (χ2n) is 7.35. The van der Waals surface area contributed by atoms with Gasteiger partial charge in [0.2, 0.25) is 0 Å². The van der Waals surface area contributed by atoms with Crippen molar-refractivity contribution in [3.05, 3.63) is 76.7 Å². The van der Waals surface area contributed by atoms with E-state index >= 15 is 4.39 Å². The molecule has 1 heterocycles. The van der Waals surface area contributed by atoms with Crippen LogP contribution in [0, 0.1) is 12.8 Å². The van der Waals surface area contributed by atoms with Crippen molar-refractivity contribution in [3.63, 3.8) is 0 Å². The normalized spacial score (nSPS) is 23.5. The largest absolute Gasteiger partial charge is 0.495 e. The maximum atomic E-state index is 17.2. The average Bonchev–Trinajstić information content (AvgIpc) is 2.76. The second-order valence-corrected chi connectivity index (χ2v) is 7.35. The molecule has 152 valence electrons. The highest BCUT2D eigenvalue weighted by atomic mass is 19.1. The number of nitrogens with one attached hydrogen (secondary N) is 1. The highest BCUT2D eigenvalue weighted by Crippen LogP contribution is 2.53. The maximum absolute atomic E-state index is 17.2. The number of allylic oxidation sites excluding steroid dienone is 3. The topological polar surface area (TPSA) is 39.7 Å². The molecule has 1 N–H and O–H groups in total. The fourth-order valence-corrected chi connectivity index (χ4v) is 4.40.